The second-order valence-corrected chi connectivity index (χ2v) is 13.0. The van der Waals surface area contributed by atoms with Gasteiger partial charge in [0.25, 0.3) is 0 Å². The molecule has 0 aliphatic carbocycles. The van der Waals surface area contributed by atoms with Crippen LogP contribution in [0, 0.1) is 5.92 Å². The van der Waals surface area contributed by atoms with Gasteiger partial charge in [-0.2, -0.15) is 24.9 Å². The number of nitrogens with zero attached hydrogens (tertiary/aromatic N) is 1. The maximum Gasteiger partial charge on any atom is 0.471 e. The van der Waals surface area contributed by atoms with Crippen LogP contribution < -0.4 is 5.32 Å². The topological polar surface area (TPSA) is 108 Å². The molecule has 3 aromatic rings. The molecule has 2 heterocycles. The van der Waals surface area contributed by atoms with Gasteiger partial charge in [0.15, 0.2) is 6.29 Å². The fraction of sp³-hybridized carbons (Fsp3) is 0.429. The highest BCUT2D eigenvalue weighted by molar-refractivity contribution is 7.99. The van der Waals surface area contributed by atoms with Crippen molar-refractivity contribution in [1.82, 2.24) is 10.2 Å². The summed E-state index contributed by atoms with van der Waals surface area (Å²) in [5.74, 6) is -1.23. The van der Waals surface area contributed by atoms with Crippen LogP contribution in [0.4, 0.5) is 13.2 Å². The van der Waals surface area contributed by atoms with E-state index in [1.807, 2.05) is 72.8 Å². The number of alkyl halides is 3. The normalized spacial score (nSPS) is 23.1. The predicted octanol–water partition coefficient (Wildman–Crippen LogP) is 5.53. The van der Waals surface area contributed by atoms with E-state index in [0.29, 0.717) is 22.8 Å². The van der Waals surface area contributed by atoms with Gasteiger partial charge in [-0.1, -0.05) is 73.7 Å². The summed E-state index contributed by atoms with van der Waals surface area (Å²) in [4.78, 5) is 25.1. The average Bonchev–Trinajstić information content (AvgIpc) is 3.58. The molecule has 2 amide bonds. The van der Waals surface area contributed by atoms with Crippen LogP contribution in [-0.2, 0) is 32.2 Å². The average molecular weight is 673 g/mol. The van der Waals surface area contributed by atoms with Crippen LogP contribution in [0.5, 0.6) is 0 Å². The van der Waals surface area contributed by atoms with Crippen molar-refractivity contribution >= 4 is 23.6 Å². The van der Waals surface area contributed by atoms with E-state index in [9.17, 15) is 33.0 Å². The SMILES string of the molecule is C[C@H]1[C@@H](CSCCO)O[C@@H](c2ccc(-c3cccc(CNC(=O)[C@@H]4CCCN4C(=O)C(F)(F)F)c3)cc2)O[C@H]1c1ccc(CO)cc1. The first-order chi connectivity index (χ1) is 22.6. The van der Waals surface area contributed by atoms with Crippen molar-refractivity contribution in [2.45, 2.75) is 63.6 Å². The quantitative estimate of drug-likeness (QED) is 0.230. The molecule has 2 saturated heterocycles. The highest BCUT2D eigenvalue weighted by Crippen LogP contribution is 2.42. The lowest BCUT2D eigenvalue weighted by Gasteiger charge is -2.41. The number of amides is 2. The number of aliphatic hydroxyl groups is 2. The van der Waals surface area contributed by atoms with E-state index in [-0.39, 0.29) is 50.8 Å². The number of carbonyl (C=O) groups excluding carboxylic acids is 2. The first-order valence-corrected chi connectivity index (χ1v) is 16.8. The lowest BCUT2D eigenvalue weighted by atomic mass is 9.91. The summed E-state index contributed by atoms with van der Waals surface area (Å²) in [6.45, 7) is 2.15. The molecule has 12 heteroatoms. The molecule has 5 rings (SSSR count). The van der Waals surface area contributed by atoms with E-state index >= 15 is 0 Å². The van der Waals surface area contributed by atoms with Gasteiger partial charge >= 0.3 is 12.1 Å². The van der Waals surface area contributed by atoms with Gasteiger partial charge in [0.05, 0.1) is 25.4 Å². The van der Waals surface area contributed by atoms with Gasteiger partial charge in [-0.05, 0) is 46.7 Å². The third-order valence-corrected chi connectivity index (χ3v) is 9.65. The first-order valence-electron chi connectivity index (χ1n) is 15.6. The lowest BCUT2D eigenvalue weighted by Crippen LogP contribution is -2.50. The second-order valence-electron chi connectivity index (χ2n) is 11.8. The van der Waals surface area contributed by atoms with E-state index in [4.69, 9.17) is 9.47 Å². The molecule has 2 fully saturated rings. The molecule has 252 valence electrons. The number of nitrogens with one attached hydrogen (secondary N) is 1. The van der Waals surface area contributed by atoms with Gasteiger partial charge in [0, 0.05) is 36.1 Å². The Hall–Kier alpha value is -3.42. The summed E-state index contributed by atoms with van der Waals surface area (Å²) in [7, 11) is 0. The zero-order chi connectivity index (χ0) is 33.6. The Balaban J connectivity index is 1.26. The molecule has 0 radical (unpaired) electrons. The molecular formula is C35H39F3N2O6S. The summed E-state index contributed by atoms with van der Waals surface area (Å²) in [5, 5.41) is 21.5. The van der Waals surface area contributed by atoms with Gasteiger partial charge < -0.3 is 29.9 Å². The van der Waals surface area contributed by atoms with Crippen molar-refractivity contribution < 1.29 is 42.4 Å². The largest absolute Gasteiger partial charge is 0.471 e. The van der Waals surface area contributed by atoms with Gasteiger partial charge in [-0.25, -0.2) is 0 Å². The summed E-state index contributed by atoms with van der Waals surface area (Å²) in [6.07, 6.45) is -5.48. The fourth-order valence-electron chi connectivity index (χ4n) is 6.02. The number of hydrogen-bond donors (Lipinski definition) is 3. The minimum Gasteiger partial charge on any atom is -0.396 e. The number of ether oxygens (including phenoxy) is 2. The highest BCUT2D eigenvalue weighted by Gasteiger charge is 2.47. The molecule has 8 nitrogen and oxygen atoms in total. The summed E-state index contributed by atoms with van der Waals surface area (Å²) < 4.78 is 51.9. The third-order valence-electron chi connectivity index (χ3n) is 8.61. The number of aliphatic hydroxyl groups excluding tert-OH is 2. The van der Waals surface area contributed by atoms with E-state index in [1.165, 1.54) is 0 Å². The Morgan fingerprint density at radius 3 is 2.36 bits per heavy atom. The summed E-state index contributed by atoms with van der Waals surface area (Å²) >= 11 is 1.63. The maximum atomic E-state index is 13.0. The van der Waals surface area contributed by atoms with Crippen LogP contribution in [0.25, 0.3) is 11.1 Å². The Morgan fingerprint density at radius 1 is 0.957 bits per heavy atom. The van der Waals surface area contributed by atoms with Crippen LogP contribution in [-0.4, -0.2) is 69.9 Å². The van der Waals surface area contributed by atoms with Crippen molar-refractivity contribution in [1.29, 1.82) is 0 Å². The number of halogens is 3. The first kappa shape index (κ1) is 34.9. The maximum absolute atomic E-state index is 13.0. The van der Waals surface area contributed by atoms with Crippen LogP contribution in [0.15, 0.2) is 72.8 Å². The minimum absolute atomic E-state index is 0.0376. The van der Waals surface area contributed by atoms with E-state index in [2.05, 4.69) is 12.2 Å². The molecule has 0 spiro atoms. The van der Waals surface area contributed by atoms with Crippen LogP contribution in [0.1, 0.15) is 54.4 Å². The second kappa shape index (κ2) is 15.7. The molecule has 0 aromatic heterocycles. The zero-order valence-electron chi connectivity index (χ0n) is 26.0. The van der Waals surface area contributed by atoms with Crippen LogP contribution in [0.3, 0.4) is 0 Å². The highest BCUT2D eigenvalue weighted by atomic mass is 32.2. The number of rotatable bonds is 11. The van der Waals surface area contributed by atoms with Crippen molar-refractivity contribution in [3.8, 4) is 11.1 Å². The molecule has 3 N–H and O–H groups in total. The number of likely N-dealkylation sites (tertiary alicyclic amines) is 1. The van der Waals surface area contributed by atoms with Crippen molar-refractivity contribution in [2.75, 3.05) is 24.7 Å². The zero-order valence-corrected chi connectivity index (χ0v) is 26.8. The Labute approximate surface area is 276 Å². The minimum atomic E-state index is -5.02. The van der Waals surface area contributed by atoms with E-state index in [0.717, 1.165) is 33.4 Å². The van der Waals surface area contributed by atoms with Gasteiger partial charge in [-0.3, -0.25) is 9.59 Å². The Bertz CT molecular complexity index is 1500. The lowest BCUT2D eigenvalue weighted by molar-refractivity contribution is -0.268. The van der Waals surface area contributed by atoms with Crippen molar-refractivity contribution in [3.63, 3.8) is 0 Å². The number of thioether (sulfide) groups is 1. The van der Waals surface area contributed by atoms with Gasteiger partial charge in [-0.15, -0.1) is 0 Å². The molecule has 0 unspecified atom stereocenters. The van der Waals surface area contributed by atoms with Crippen LogP contribution in [0.2, 0.25) is 0 Å². The number of carbonyl (C=O) groups is 2. The molecule has 5 atom stereocenters. The molecule has 0 bridgehead atoms. The Morgan fingerprint density at radius 2 is 1.68 bits per heavy atom. The third kappa shape index (κ3) is 8.55. The number of hydrogen-bond acceptors (Lipinski definition) is 7. The number of benzene rings is 3. The fourth-order valence-corrected chi connectivity index (χ4v) is 6.93. The molecule has 2 aliphatic heterocycles. The molecule has 2 aliphatic rings. The van der Waals surface area contributed by atoms with Crippen LogP contribution >= 0.6 is 11.8 Å². The monoisotopic (exact) mass is 672 g/mol. The smallest absolute Gasteiger partial charge is 0.396 e. The standard InChI is InChI=1S/C35H39F3N2O6S/c1-22-30(21-47-17-16-41)45-33(46-31(22)26-9-7-23(20-42)8-10-26)27-13-11-25(12-14-27)28-5-2-4-24(18-28)19-39-32(43)29-6-3-15-40(29)34(44)35(36,37)38/h2,4-5,7-14,18,22,29-31,33,41-42H,3,6,15-17,19-21H2,1H3,(H,39,43)/t22-,29-,30+,31+,33+/m0/s1. The molecular weight excluding hydrogens is 633 g/mol. The van der Waals surface area contributed by atoms with Gasteiger partial charge in [0.2, 0.25) is 5.91 Å². The van der Waals surface area contributed by atoms with Crippen molar-refractivity contribution in [2.24, 2.45) is 5.92 Å². The van der Waals surface area contributed by atoms with E-state index < -0.39 is 30.3 Å². The van der Waals surface area contributed by atoms with E-state index in [1.54, 1.807) is 11.8 Å². The van der Waals surface area contributed by atoms with Crippen molar-refractivity contribution in [3.05, 3.63) is 95.1 Å². The summed E-state index contributed by atoms with van der Waals surface area (Å²) in [6, 6.07) is 21.9. The van der Waals surface area contributed by atoms with Gasteiger partial charge in [0.1, 0.15) is 6.04 Å². The predicted molar refractivity (Wildman–Crippen MR) is 172 cm³/mol. The molecule has 47 heavy (non-hydrogen) atoms. The summed E-state index contributed by atoms with van der Waals surface area (Å²) in [5.41, 5.74) is 5.21. The molecule has 0 saturated carbocycles. The Kier molecular flexibility index (Phi) is 11.6. The molecule has 3 aromatic carbocycles.